The molecular weight excluding hydrogens is 260 g/mol. The summed E-state index contributed by atoms with van der Waals surface area (Å²) in [4.78, 5) is 9.03. The highest BCUT2D eigenvalue weighted by Gasteiger charge is 2.04. The van der Waals surface area contributed by atoms with Crippen LogP contribution in [0.1, 0.15) is 6.92 Å². The molecule has 0 amide bonds. The molecule has 0 aromatic heterocycles. The zero-order chi connectivity index (χ0) is 10.8. The summed E-state index contributed by atoms with van der Waals surface area (Å²) in [6.45, 7) is 1.58. The lowest BCUT2D eigenvalue weighted by atomic mass is 10.9. The van der Waals surface area contributed by atoms with Gasteiger partial charge in [0.05, 0.1) is 0 Å². The van der Waals surface area contributed by atoms with Gasteiger partial charge in [0, 0.05) is 15.1 Å². The highest BCUT2D eigenvalue weighted by molar-refractivity contribution is 9.09. The molecule has 0 aromatic rings. The first kappa shape index (κ1) is 12.9. The van der Waals surface area contributed by atoms with Crippen molar-refractivity contribution >= 4 is 15.9 Å². The fourth-order valence-electron chi connectivity index (χ4n) is 0.417. The summed E-state index contributed by atoms with van der Waals surface area (Å²) in [7, 11) is 0. The molecule has 8 nitrogen and oxygen atoms in total. The first-order chi connectivity index (χ1) is 6.70. The van der Waals surface area contributed by atoms with Crippen molar-refractivity contribution in [3.63, 3.8) is 0 Å². The van der Waals surface area contributed by atoms with E-state index in [2.05, 4.69) is 36.2 Å². The van der Waals surface area contributed by atoms with Gasteiger partial charge < -0.3 is 20.1 Å². The van der Waals surface area contributed by atoms with E-state index in [1.54, 1.807) is 6.92 Å². The van der Waals surface area contributed by atoms with Crippen LogP contribution in [0.3, 0.4) is 0 Å². The molecule has 0 radical (unpaired) electrons. The van der Waals surface area contributed by atoms with Crippen molar-refractivity contribution < 1.29 is 19.4 Å². The average molecular weight is 271 g/mol. The lowest BCUT2D eigenvalue weighted by Gasteiger charge is -1.98. The van der Waals surface area contributed by atoms with Gasteiger partial charge in [-0.25, -0.2) is 0 Å². The van der Waals surface area contributed by atoms with Crippen molar-refractivity contribution in [2.45, 2.75) is 6.92 Å². The van der Waals surface area contributed by atoms with Gasteiger partial charge >= 0.3 is 6.67 Å². The summed E-state index contributed by atoms with van der Waals surface area (Å²) in [6, 6.07) is 0. The van der Waals surface area contributed by atoms with E-state index in [9.17, 15) is 10.4 Å². The maximum absolute atomic E-state index is 10.7. The molecule has 0 bridgehead atoms. The number of rotatable bonds is 7. The molecule has 0 N–H and O–H groups in total. The van der Waals surface area contributed by atoms with Crippen LogP contribution in [-0.4, -0.2) is 34.9 Å². The molecule has 0 saturated heterocycles. The van der Waals surface area contributed by atoms with Gasteiger partial charge in [0.25, 0.3) is 0 Å². The van der Waals surface area contributed by atoms with Crippen LogP contribution in [0.15, 0.2) is 10.6 Å². The fraction of sp³-hybridized carbons (Fsp3) is 1.00. The van der Waals surface area contributed by atoms with Crippen LogP contribution < -0.4 is 0 Å². The maximum atomic E-state index is 10.7. The summed E-state index contributed by atoms with van der Waals surface area (Å²) < 4.78 is 0. The Morgan fingerprint density at radius 1 is 1.21 bits per heavy atom. The number of alkyl halides is 1. The molecule has 0 rings (SSSR count). The molecule has 0 aliphatic heterocycles. The Labute approximate surface area is 89.0 Å². The second-order valence-corrected chi connectivity index (χ2v) is 2.74. The molecule has 0 fully saturated rings. The second-order valence-electron chi connectivity index (χ2n) is 1.95. The lowest BCUT2D eigenvalue weighted by molar-refractivity contribution is -0.750. The molecule has 14 heavy (non-hydrogen) atoms. The van der Waals surface area contributed by atoms with E-state index in [0.29, 0.717) is 5.33 Å². The first-order valence-corrected chi connectivity index (χ1v) is 4.94. The van der Waals surface area contributed by atoms with Gasteiger partial charge in [-0.15, -0.1) is 0 Å². The number of hydroxylamine groups is 2. The summed E-state index contributed by atoms with van der Waals surface area (Å²) in [5.74, 6) is 0. The molecular formula is C5H11BrN4O4. The number of hydrogen-bond donors (Lipinski definition) is 0. The minimum absolute atomic E-state index is 0.0670. The van der Waals surface area contributed by atoms with Gasteiger partial charge in [-0.1, -0.05) is 15.9 Å². The Kier molecular flexibility index (Phi) is 7.80. The van der Waals surface area contributed by atoms with Gasteiger partial charge in [0.15, 0.2) is 0 Å². The number of hydrogen-bond acceptors (Lipinski definition) is 6. The predicted octanol–water partition coefficient (Wildman–Crippen LogP) is 1.15. The van der Waals surface area contributed by atoms with Crippen molar-refractivity contribution in [1.82, 2.24) is 0 Å². The highest BCUT2D eigenvalue weighted by atomic mass is 79.9. The van der Waals surface area contributed by atoms with Crippen molar-refractivity contribution in [1.29, 1.82) is 0 Å². The Hall–Kier alpha value is -1.12. The minimum atomic E-state index is -0.595. The van der Waals surface area contributed by atoms with Crippen LogP contribution >= 0.6 is 15.9 Å². The zero-order valence-electron chi connectivity index (χ0n) is 7.63. The summed E-state index contributed by atoms with van der Waals surface area (Å²) in [6.07, 6.45) is 0. The van der Waals surface area contributed by atoms with Crippen LogP contribution in [0.25, 0.3) is 0 Å². The number of halogens is 1. The van der Waals surface area contributed by atoms with E-state index in [-0.39, 0.29) is 22.9 Å². The average Bonchev–Trinajstić information content (AvgIpc) is 2.15. The normalized spacial score (nSPS) is 12.7. The molecule has 0 atom stereocenters. The third-order valence-corrected chi connectivity index (χ3v) is 1.16. The van der Waals surface area contributed by atoms with Crippen molar-refractivity contribution in [3.8, 4) is 0 Å². The smallest absolute Gasteiger partial charge is 0.408 e. The van der Waals surface area contributed by atoms with Crippen molar-refractivity contribution in [2.75, 3.05) is 25.2 Å². The zero-order valence-corrected chi connectivity index (χ0v) is 9.21. The third kappa shape index (κ3) is 7.53. The largest absolute Gasteiger partial charge is 0.592 e. The van der Waals surface area contributed by atoms with Gasteiger partial charge in [0.2, 0.25) is 10.6 Å². The molecule has 9 heteroatoms. The molecule has 0 unspecified atom stereocenters. The quantitative estimate of drug-likeness (QED) is 0.173. The van der Waals surface area contributed by atoms with Crippen molar-refractivity contribution in [2.24, 2.45) is 10.6 Å². The Bertz CT molecular complexity index is 210. The van der Waals surface area contributed by atoms with Crippen molar-refractivity contribution in [3.05, 3.63) is 10.4 Å². The first-order valence-electron chi connectivity index (χ1n) is 3.81. The highest BCUT2D eigenvalue weighted by Crippen LogP contribution is 1.86. The van der Waals surface area contributed by atoms with E-state index >= 15 is 0 Å². The van der Waals surface area contributed by atoms with E-state index in [1.165, 1.54) is 0 Å². The fourth-order valence-corrected chi connectivity index (χ4v) is 0.562. The van der Waals surface area contributed by atoms with E-state index in [4.69, 9.17) is 0 Å². The molecule has 82 valence electrons. The standard InChI is InChI=1S/C5H11BrN4O4/c1-2-13-7-9(11)5-10(12)8-14-4-3-6/h2-5H2,1H3/b9-7-,10-8-. The molecule has 0 aliphatic carbocycles. The second kappa shape index (κ2) is 8.48. The maximum Gasteiger partial charge on any atom is 0.408 e. The Morgan fingerprint density at radius 2 is 1.79 bits per heavy atom. The predicted molar refractivity (Wildman–Crippen MR) is 48.3 cm³/mol. The van der Waals surface area contributed by atoms with Crippen LogP contribution in [0, 0.1) is 10.4 Å². The molecule has 0 heterocycles. The van der Waals surface area contributed by atoms with Gasteiger partial charge in [-0.3, -0.25) is 0 Å². The molecule has 0 aliphatic rings. The van der Waals surface area contributed by atoms with Crippen LogP contribution in [0.5, 0.6) is 0 Å². The van der Waals surface area contributed by atoms with Crippen LogP contribution in [0.4, 0.5) is 0 Å². The Balaban J connectivity index is 3.79. The monoisotopic (exact) mass is 270 g/mol. The molecule has 0 aromatic carbocycles. The van der Waals surface area contributed by atoms with E-state index < -0.39 is 6.67 Å². The lowest BCUT2D eigenvalue weighted by Crippen LogP contribution is -2.14. The van der Waals surface area contributed by atoms with E-state index in [0.717, 1.165) is 0 Å². The van der Waals surface area contributed by atoms with Gasteiger partial charge in [-0.05, 0) is 6.92 Å². The van der Waals surface area contributed by atoms with Gasteiger partial charge in [-0.2, -0.15) is 0 Å². The van der Waals surface area contributed by atoms with Crippen LogP contribution in [0.2, 0.25) is 0 Å². The summed E-state index contributed by atoms with van der Waals surface area (Å²) >= 11 is 3.07. The topological polar surface area (TPSA) is 95.3 Å². The molecule has 0 saturated carbocycles. The minimum Gasteiger partial charge on any atom is -0.592 e. The SMILES string of the molecule is CCO/N=[N+](\[O-])C/[N+]([O-])=N/OCCBr. The third-order valence-electron chi connectivity index (χ3n) is 0.837. The van der Waals surface area contributed by atoms with Crippen LogP contribution in [-0.2, 0) is 9.68 Å². The number of nitrogens with zero attached hydrogens (tertiary/aromatic N) is 4. The summed E-state index contributed by atoms with van der Waals surface area (Å²) in [5, 5.41) is 28.1. The summed E-state index contributed by atoms with van der Waals surface area (Å²) in [5.41, 5.74) is 0. The Morgan fingerprint density at radius 3 is 2.29 bits per heavy atom. The van der Waals surface area contributed by atoms with Gasteiger partial charge in [0.1, 0.15) is 13.2 Å². The van der Waals surface area contributed by atoms with E-state index in [1.807, 2.05) is 0 Å². The molecule has 0 spiro atoms.